The van der Waals surface area contributed by atoms with Gasteiger partial charge < -0.3 is 0 Å². The number of rotatable bonds is 0. The smallest absolute Gasteiger partial charge is 0.0802 e. The summed E-state index contributed by atoms with van der Waals surface area (Å²) < 4.78 is 0. The summed E-state index contributed by atoms with van der Waals surface area (Å²) in [5.41, 5.74) is 0. The monoisotopic (exact) mass is 79.0 g/mol. The maximum Gasteiger partial charge on any atom is 0.0802 e. The Morgan fingerprint density at radius 2 is 2.33 bits per heavy atom. The Bertz CT molecular complexity index is 66.9. The molecule has 1 heterocycles. The van der Waals surface area contributed by atoms with E-state index in [9.17, 15) is 0 Å². The van der Waals surface area contributed by atoms with Gasteiger partial charge in [-0.1, -0.05) is 0 Å². The highest BCUT2D eigenvalue weighted by atomic mass is 15.1. The zero-order valence-corrected chi connectivity index (χ0v) is 3.33. The first-order chi connectivity index (χ1) is 2.50. The first-order valence-corrected chi connectivity index (χ1v) is 1.52. The van der Waals surface area contributed by atoms with E-state index in [4.69, 9.17) is 0 Å². The van der Waals surface area contributed by atoms with Crippen LogP contribution in [0.1, 0.15) is 0 Å². The minimum atomic E-state index is 0. The molecule has 0 aromatic heterocycles. The van der Waals surface area contributed by atoms with E-state index in [0.29, 0.717) is 0 Å². The molecule has 0 atom stereocenters. The van der Waals surface area contributed by atoms with Crippen LogP contribution in [-0.4, -0.2) is 15.0 Å². The Balaban J connectivity index is 0.000000250. The fourth-order valence-electron chi connectivity index (χ4n) is 0.236. The lowest BCUT2D eigenvalue weighted by Crippen LogP contribution is -1.53. The van der Waals surface area contributed by atoms with Crippen molar-refractivity contribution >= 4 is 8.41 Å². The van der Waals surface area contributed by atoms with Crippen molar-refractivity contribution in [3.05, 3.63) is 12.3 Å². The summed E-state index contributed by atoms with van der Waals surface area (Å²) in [6.07, 6.45) is 3.60. The third-order valence-corrected chi connectivity index (χ3v) is 0.441. The van der Waals surface area contributed by atoms with Gasteiger partial charge in [-0.15, -0.1) is 0 Å². The molecule has 6 heavy (non-hydrogen) atoms. The Kier molecular flexibility index (Phi) is 2.37. The van der Waals surface area contributed by atoms with Crippen molar-refractivity contribution in [2.45, 2.75) is 0 Å². The van der Waals surface area contributed by atoms with Gasteiger partial charge in [-0.05, 0) is 6.08 Å². The Labute approximate surface area is 38.5 Å². The third-order valence-electron chi connectivity index (χ3n) is 0.441. The van der Waals surface area contributed by atoms with E-state index in [1.165, 1.54) is 0 Å². The first kappa shape index (κ1) is 5.40. The number of hydrogen-bond acceptors (Lipinski definition) is 2. The molecule has 3 heteroatoms. The molecule has 1 aliphatic rings. The molecule has 2 nitrogen and oxygen atoms in total. The molecule has 0 aromatic rings. The average Bonchev–Trinajstić information content (AvgIpc) is 1.76. The molecule has 29 valence electrons. The van der Waals surface area contributed by atoms with Crippen molar-refractivity contribution in [2.75, 3.05) is 6.54 Å². The summed E-state index contributed by atoms with van der Waals surface area (Å²) in [5.74, 6) is 0. The van der Waals surface area contributed by atoms with Crippen LogP contribution in [-0.2, 0) is 0 Å². The fourth-order valence-corrected chi connectivity index (χ4v) is 0.236. The van der Waals surface area contributed by atoms with Gasteiger partial charge in [0, 0.05) is 14.6 Å². The summed E-state index contributed by atoms with van der Waals surface area (Å²) in [7, 11) is 0. The van der Waals surface area contributed by atoms with Crippen LogP contribution in [0, 0.1) is 0 Å². The summed E-state index contributed by atoms with van der Waals surface area (Å²) in [4.78, 5) is 0. The second-order valence-corrected chi connectivity index (χ2v) is 0.824. The lowest BCUT2D eigenvalue weighted by Gasteiger charge is -1.56. The van der Waals surface area contributed by atoms with Crippen LogP contribution in [0.4, 0.5) is 0 Å². The van der Waals surface area contributed by atoms with Crippen LogP contribution in [0.2, 0.25) is 0 Å². The normalized spacial score (nSPS) is 14.7. The lowest BCUT2D eigenvalue weighted by atomic mass is 10.7. The SMILES string of the molecule is C1=CN=NC1.[B]. The van der Waals surface area contributed by atoms with E-state index >= 15 is 0 Å². The van der Waals surface area contributed by atoms with Gasteiger partial charge in [0.15, 0.2) is 0 Å². The molecule has 0 N–H and O–H groups in total. The maximum absolute atomic E-state index is 3.60. The molecule has 3 radical (unpaired) electrons. The van der Waals surface area contributed by atoms with Crippen LogP contribution in [0.15, 0.2) is 22.5 Å². The van der Waals surface area contributed by atoms with Gasteiger partial charge in [-0.25, -0.2) is 0 Å². The van der Waals surface area contributed by atoms with E-state index in [-0.39, 0.29) is 8.41 Å². The quantitative estimate of drug-likeness (QED) is 0.379. The van der Waals surface area contributed by atoms with E-state index < -0.39 is 0 Å². The van der Waals surface area contributed by atoms with E-state index in [1.54, 1.807) is 6.20 Å². The molecule has 0 bridgehead atoms. The molecule has 0 aliphatic carbocycles. The van der Waals surface area contributed by atoms with Crippen LogP contribution >= 0.6 is 0 Å². The van der Waals surface area contributed by atoms with Crippen molar-refractivity contribution in [3.63, 3.8) is 0 Å². The van der Waals surface area contributed by atoms with Gasteiger partial charge in [0.2, 0.25) is 0 Å². The molecule has 0 amide bonds. The molecule has 1 aliphatic heterocycles. The standard InChI is InChI=1S/C3H4N2.B/c1-2-4-5-3-1;/h1-2H,3H2;. The van der Waals surface area contributed by atoms with Crippen molar-refractivity contribution in [3.8, 4) is 0 Å². The van der Waals surface area contributed by atoms with Gasteiger partial charge in [-0.3, -0.25) is 0 Å². The second kappa shape index (κ2) is 2.63. The van der Waals surface area contributed by atoms with Crippen LogP contribution in [0.25, 0.3) is 0 Å². The summed E-state index contributed by atoms with van der Waals surface area (Å²) >= 11 is 0. The van der Waals surface area contributed by atoms with Crippen molar-refractivity contribution in [2.24, 2.45) is 10.2 Å². The van der Waals surface area contributed by atoms with Crippen LogP contribution in [0.5, 0.6) is 0 Å². The van der Waals surface area contributed by atoms with Crippen LogP contribution in [0.3, 0.4) is 0 Å². The molecule has 0 spiro atoms. The molecular formula is C3H4BN2. The number of azo groups is 1. The first-order valence-electron chi connectivity index (χ1n) is 1.52. The zero-order chi connectivity index (χ0) is 3.54. The van der Waals surface area contributed by atoms with E-state index in [0.717, 1.165) is 6.54 Å². The highest BCUT2D eigenvalue weighted by Crippen LogP contribution is 1.86. The van der Waals surface area contributed by atoms with Crippen molar-refractivity contribution < 1.29 is 0 Å². The summed E-state index contributed by atoms with van der Waals surface area (Å²) in [6.45, 7) is 0.778. The molecule has 1 rings (SSSR count). The average molecular weight is 78.9 g/mol. The molecule has 0 fully saturated rings. The minimum Gasteiger partial charge on any atom is -0.185 e. The number of hydrogen-bond donors (Lipinski definition) is 0. The van der Waals surface area contributed by atoms with Crippen molar-refractivity contribution in [1.29, 1.82) is 0 Å². The highest BCUT2D eigenvalue weighted by molar-refractivity contribution is 5.75. The van der Waals surface area contributed by atoms with Crippen LogP contribution < -0.4 is 0 Å². The third kappa shape index (κ3) is 1.01. The number of nitrogens with zero attached hydrogens (tertiary/aromatic N) is 2. The Hall–Kier alpha value is -0.595. The molecule has 0 aromatic carbocycles. The van der Waals surface area contributed by atoms with Crippen molar-refractivity contribution in [1.82, 2.24) is 0 Å². The van der Waals surface area contributed by atoms with E-state index in [2.05, 4.69) is 10.2 Å². The molecular weight excluding hydrogens is 74.9 g/mol. The Morgan fingerprint density at radius 1 is 1.50 bits per heavy atom. The molecule has 0 saturated heterocycles. The largest absolute Gasteiger partial charge is 0.185 e. The van der Waals surface area contributed by atoms with Gasteiger partial charge in [-0.2, -0.15) is 10.2 Å². The summed E-state index contributed by atoms with van der Waals surface area (Å²) in [5, 5.41) is 7.12. The van der Waals surface area contributed by atoms with Gasteiger partial charge in [0.05, 0.1) is 6.54 Å². The van der Waals surface area contributed by atoms with Gasteiger partial charge in [0.1, 0.15) is 0 Å². The predicted octanol–water partition coefficient (Wildman–Crippen LogP) is 0.585. The summed E-state index contributed by atoms with van der Waals surface area (Å²) in [6, 6.07) is 0. The van der Waals surface area contributed by atoms with E-state index in [1.807, 2.05) is 6.08 Å². The molecule has 0 saturated carbocycles. The predicted molar refractivity (Wildman–Crippen MR) is 24.6 cm³/mol. The minimum absolute atomic E-state index is 0. The van der Waals surface area contributed by atoms with Gasteiger partial charge in [0.25, 0.3) is 0 Å². The van der Waals surface area contributed by atoms with Gasteiger partial charge >= 0.3 is 0 Å². The Morgan fingerprint density at radius 3 is 2.50 bits per heavy atom. The zero-order valence-electron chi connectivity index (χ0n) is 3.33. The lowest BCUT2D eigenvalue weighted by molar-refractivity contribution is 1.14. The molecule has 0 unspecified atom stereocenters. The maximum atomic E-state index is 3.60. The second-order valence-electron chi connectivity index (χ2n) is 0.824. The topological polar surface area (TPSA) is 24.7 Å². The fraction of sp³-hybridized carbons (Fsp3) is 0.333. The highest BCUT2D eigenvalue weighted by Gasteiger charge is 1.74.